The number of benzene rings is 1. The predicted molar refractivity (Wildman–Crippen MR) is 120 cm³/mol. The first kappa shape index (κ1) is 23.1. The van der Waals surface area contributed by atoms with Crippen LogP contribution in [0.1, 0.15) is 16.9 Å². The summed E-state index contributed by atoms with van der Waals surface area (Å²) in [5.41, 5.74) is 7.47. The molecule has 0 aliphatic carbocycles. The van der Waals surface area contributed by atoms with Gasteiger partial charge in [0.05, 0.1) is 30.5 Å². The first-order valence-corrected chi connectivity index (χ1v) is 10.8. The zero-order chi connectivity index (χ0) is 25.4. The summed E-state index contributed by atoms with van der Waals surface area (Å²) in [5.74, 6) is -2.17. The van der Waals surface area contributed by atoms with Gasteiger partial charge in [-0.15, -0.1) is 0 Å². The van der Waals surface area contributed by atoms with E-state index in [1.165, 1.54) is 15.8 Å². The van der Waals surface area contributed by atoms with E-state index in [0.29, 0.717) is 10.9 Å². The average Bonchev–Trinajstić information content (AvgIpc) is 3.56. The lowest BCUT2D eigenvalue weighted by atomic mass is 10.0. The molecule has 0 radical (unpaired) electrons. The van der Waals surface area contributed by atoms with Crippen molar-refractivity contribution < 1.29 is 28.8 Å². The van der Waals surface area contributed by atoms with Crippen LogP contribution in [0.4, 0.5) is 10.2 Å². The Morgan fingerprint density at radius 1 is 1.25 bits per heavy atom. The fourth-order valence-corrected chi connectivity index (χ4v) is 4.25. The number of alkyl halides is 1. The molecule has 3 atom stereocenters. The van der Waals surface area contributed by atoms with Gasteiger partial charge >= 0.3 is 0 Å². The lowest BCUT2D eigenvalue weighted by Gasteiger charge is -2.28. The van der Waals surface area contributed by atoms with Gasteiger partial charge in [0, 0.05) is 17.4 Å². The zero-order valence-electron chi connectivity index (χ0n) is 18.5. The van der Waals surface area contributed by atoms with Crippen molar-refractivity contribution in [3.8, 4) is 17.0 Å². The molecule has 186 valence electrons. The number of aromatic nitrogens is 6. The molecule has 1 saturated heterocycles. The molecule has 1 aromatic carbocycles. The van der Waals surface area contributed by atoms with E-state index in [4.69, 9.17) is 5.73 Å². The van der Waals surface area contributed by atoms with E-state index in [1.54, 1.807) is 30.5 Å². The zero-order valence-corrected chi connectivity index (χ0v) is 18.5. The number of fused-ring (bicyclic) bond motifs is 1. The van der Waals surface area contributed by atoms with E-state index < -0.39 is 36.1 Å². The van der Waals surface area contributed by atoms with Gasteiger partial charge < -0.3 is 26.2 Å². The van der Waals surface area contributed by atoms with Crippen molar-refractivity contribution in [2.24, 2.45) is 5.73 Å². The fourth-order valence-electron chi connectivity index (χ4n) is 4.25. The van der Waals surface area contributed by atoms with Crippen molar-refractivity contribution in [3.63, 3.8) is 0 Å². The Kier molecular flexibility index (Phi) is 5.89. The number of likely N-dealkylation sites (tertiary alicyclic amines) is 1. The number of aliphatic hydroxyl groups is 1. The van der Waals surface area contributed by atoms with Gasteiger partial charge in [0.15, 0.2) is 5.69 Å². The molecule has 1 aliphatic rings. The number of rotatable bonds is 7. The fraction of sp³-hybridized carbons (Fsp3) is 0.286. The average molecular weight is 497 g/mol. The predicted octanol–water partition coefficient (Wildman–Crippen LogP) is 0.0503. The monoisotopic (exact) mass is 497 g/mol. The maximum Gasteiger partial charge on any atom is 0.298 e. The van der Waals surface area contributed by atoms with E-state index in [0.717, 1.165) is 11.1 Å². The second-order valence-electron chi connectivity index (χ2n) is 8.21. The third kappa shape index (κ3) is 4.26. The molecule has 0 spiro atoms. The number of nitrogens with zero attached hydrogens (tertiary/aromatic N) is 7. The minimum atomic E-state index is -1.47. The number of halogens is 1. The molecular formula is C21H20FN9O5. The van der Waals surface area contributed by atoms with E-state index in [1.807, 2.05) is 0 Å². The van der Waals surface area contributed by atoms with E-state index in [-0.39, 0.29) is 31.0 Å². The van der Waals surface area contributed by atoms with Gasteiger partial charge in [-0.25, -0.2) is 9.02 Å². The summed E-state index contributed by atoms with van der Waals surface area (Å²) in [5, 5.41) is 41.4. The van der Waals surface area contributed by atoms with Crippen LogP contribution in [0.2, 0.25) is 0 Å². The van der Waals surface area contributed by atoms with Crippen molar-refractivity contribution in [1.29, 1.82) is 0 Å². The smallest absolute Gasteiger partial charge is 0.298 e. The number of nitrogens with two attached hydrogens (primary N) is 1. The Labute approximate surface area is 201 Å². The van der Waals surface area contributed by atoms with Crippen LogP contribution in [-0.2, 0) is 11.3 Å². The van der Waals surface area contributed by atoms with Gasteiger partial charge in [-0.2, -0.15) is 15.3 Å². The summed E-state index contributed by atoms with van der Waals surface area (Å²) in [4.78, 5) is 26.4. The normalized spacial score (nSPS) is 18.4. The first-order chi connectivity index (χ1) is 17.3. The lowest BCUT2D eigenvalue weighted by molar-refractivity contribution is -0.134. The number of amides is 2. The molecule has 36 heavy (non-hydrogen) atoms. The van der Waals surface area contributed by atoms with Crippen molar-refractivity contribution in [2.45, 2.75) is 31.4 Å². The topological polar surface area (TPSA) is 198 Å². The van der Waals surface area contributed by atoms with Crippen molar-refractivity contribution in [3.05, 3.63) is 42.4 Å². The van der Waals surface area contributed by atoms with Crippen LogP contribution in [0, 0.1) is 0 Å². The molecule has 3 unspecified atom stereocenters. The van der Waals surface area contributed by atoms with Gasteiger partial charge in [-0.05, 0) is 34.1 Å². The van der Waals surface area contributed by atoms with E-state index in [2.05, 4.69) is 35.6 Å². The Balaban J connectivity index is 1.41. The molecule has 15 heteroatoms. The minimum absolute atomic E-state index is 0.0290. The lowest BCUT2D eigenvalue weighted by Crippen LogP contribution is -2.47. The van der Waals surface area contributed by atoms with Gasteiger partial charge in [-0.1, -0.05) is 6.07 Å². The van der Waals surface area contributed by atoms with Crippen LogP contribution < -0.4 is 11.1 Å². The number of carbonyl (C=O) groups is 2. The highest BCUT2D eigenvalue weighted by Crippen LogP contribution is 2.28. The number of aliphatic hydroxyl groups excluding tert-OH is 1. The molecule has 0 saturated carbocycles. The Hall–Kier alpha value is -4.66. The number of hydrogen-bond acceptors (Lipinski definition) is 11. The minimum Gasteiger partial charge on any atom is -0.488 e. The van der Waals surface area contributed by atoms with Crippen LogP contribution in [0.25, 0.3) is 22.0 Å². The molecule has 5 N–H and O–H groups in total. The van der Waals surface area contributed by atoms with Crippen LogP contribution in [0.3, 0.4) is 0 Å². The summed E-state index contributed by atoms with van der Waals surface area (Å²) in [7, 11) is 0. The summed E-state index contributed by atoms with van der Waals surface area (Å²) >= 11 is 0. The van der Waals surface area contributed by atoms with Crippen molar-refractivity contribution in [1.82, 2.24) is 35.2 Å². The summed E-state index contributed by atoms with van der Waals surface area (Å²) in [6.07, 6.45) is 0.0898. The largest absolute Gasteiger partial charge is 0.488 e. The molecule has 4 heterocycles. The van der Waals surface area contributed by atoms with Crippen LogP contribution in [0.15, 0.2) is 41.3 Å². The van der Waals surface area contributed by atoms with Gasteiger partial charge in [0.2, 0.25) is 11.7 Å². The molecule has 4 aromatic rings. The van der Waals surface area contributed by atoms with Gasteiger partial charge in [-0.3, -0.25) is 14.3 Å². The third-order valence-corrected chi connectivity index (χ3v) is 5.92. The van der Waals surface area contributed by atoms with Crippen LogP contribution >= 0.6 is 0 Å². The Morgan fingerprint density at radius 2 is 2.08 bits per heavy atom. The maximum absolute atomic E-state index is 14.3. The first-order valence-electron chi connectivity index (χ1n) is 10.8. The number of primary amides is 1. The quantitative estimate of drug-likeness (QED) is 0.252. The molecule has 14 nitrogen and oxygen atoms in total. The highest BCUT2D eigenvalue weighted by Gasteiger charge is 2.40. The van der Waals surface area contributed by atoms with E-state index >= 15 is 0 Å². The standard InChI is InChI=1S/C21H20FN9O5/c22-12-6-15(20(34)26-19-21(35)29-36-28-19)30(8-12)16(32)9-31-14-2-1-10(11-3-4-24-25-7-11)5-13(14)17(27-31)18(23)33/h1-5,7,12,15,20,34H,6,8-9H2,(H2,23,33)(H,26,28)(H,29,35). The van der Waals surface area contributed by atoms with Crippen LogP contribution in [-0.4, -0.2) is 82.2 Å². The molecule has 1 fully saturated rings. The summed E-state index contributed by atoms with van der Waals surface area (Å²) in [6.45, 7) is -0.598. The second-order valence-corrected chi connectivity index (χ2v) is 8.21. The Morgan fingerprint density at radius 3 is 2.78 bits per heavy atom. The maximum atomic E-state index is 14.3. The molecule has 0 bridgehead atoms. The molecule has 1 aliphatic heterocycles. The number of anilines is 1. The Bertz CT molecular complexity index is 1430. The third-order valence-electron chi connectivity index (χ3n) is 5.92. The summed E-state index contributed by atoms with van der Waals surface area (Å²) in [6, 6.07) is 5.94. The molecule has 5 rings (SSSR count). The molecule has 2 amide bonds. The van der Waals surface area contributed by atoms with Gasteiger partial charge in [0.1, 0.15) is 18.9 Å². The van der Waals surface area contributed by atoms with E-state index in [9.17, 15) is 24.2 Å². The highest BCUT2D eigenvalue weighted by atomic mass is 19.1. The number of hydrogen-bond donors (Lipinski definition) is 4. The number of aromatic hydroxyl groups is 1. The van der Waals surface area contributed by atoms with Crippen LogP contribution in [0.5, 0.6) is 5.88 Å². The second kappa shape index (κ2) is 9.18. The molecule has 3 aromatic heterocycles. The number of carbonyl (C=O) groups excluding carboxylic acids is 2. The SMILES string of the molecule is NC(=O)c1nn(CC(=O)N2CC(F)CC2C(O)Nc2nonc2O)c2ccc(-c3ccnnc3)cc12. The summed E-state index contributed by atoms with van der Waals surface area (Å²) < 4.78 is 19.9. The number of nitrogens with one attached hydrogen (secondary N) is 1. The molecular weight excluding hydrogens is 477 g/mol. The van der Waals surface area contributed by atoms with Crippen molar-refractivity contribution >= 4 is 28.5 Å². The van der Waals surface area contributed by atoms with Crippen molar-refractivity contribution in [2.75, 3.05) is 11.9 Å². The van der Waals surface area contributed by atoms with Gasteiger partial charge in [0.25, 0.3) is 11.8 Å². The highest BCUT2D eigenvalue weighted by molar-refractivity contribution is 6.05.